The number of hydrogen-bond donors (Lipinski definition) is 1. The van der Waals surface area contributed by atoms with Crippen molar-refractivity contribution in [3.05, 3.63) is 70.8 Å². The summed E-state index contributed by atoms with van der Waals surface area (Å²) in [5, 5.41) is 2.79. The summed E-state index contributed by atoms with van der Waals surface area (Å²) in [6.07, 6.45) is 0. The first-order chi connectivity index (χ1) is 11.1. The second-order valence-corrected chi connectivity index (χ2v) is 5.87. The van der Waals surface area contributed by atoms with Crippen molar-refractivity contribution in [1.82, 2.24) is 10.2 Å². The van der Waals surface area contributed by atoms with Crippen LogP contribution in [0, 0.1) is 6.92 Å². The highest BCUT2D eigenvalue weighted by molar-refractivity contribution is 6.23. The normalized spacial score (nSPS) is 22.7. The molecule has 2 aliphatic heterocycles. The Bertz CT molecular complexity index is 807. The van der Waals surface area contributed by atoms with E-state index in [1.165, 1.54) is 0 Å². The summed E-state index contributed by atoms with van der Waals surface area (Å²) in [6.45, 7) is 1.98. The van der Waals surface area contributed by atoms with Gasteiger partial charge in [0.2, 0.25) is 5.91 Å². The minimum absolute atomic E-state index is 0.301. The smallest absolute Gasteiger partial charge is 0.262 e. The molecule has 5 nitrogen and oxygen atoms in total. The van der Waals surface area contributed by atoms with Gasteiger partial charge in [-0.2, -0.15) is 0 Å². The molecule has 0 unspecified atom stereocenters. The van der Waals surface area contributed by atoms with Gasteiger partial charge in [-0.05, 0) is 24.6 Å². The Morgan fingerprint density at radius 1 is 0.870 bits per heavy atom. The second-order valence-electron chi connectivity index (χ2n) is 5.87. The van der Waals surface area contributed by atoms with Gasteiger partial charge in [0, 0.05) is 0 Å². The number of benzene rings is 2. The number of β-lactam (4-membered cyclic amide) rings is 1. The fourth-order valence-electron chi connectivity index (χ4n) is 3.14. The van der Waals surface area contributed by atoms with Crippen LogP contribution in [-0.4, -0.2) is 28.7 Å². The maximum absolute atomic E-state index is 12.5. The van der Waals surface area contributed by atoms with Gasteiger partial charge in [0.25, 0.3) is 11.8 Å². The Morgan fingerprint density at radius 2 is 1.43 bits per heavy atom. The second kappa shape index (κ2) is 4.78. The summed E-state index contributed by atoms with van der Waals surface area (Å²) in [4.78, 5) is 38.2. The number of aryl methyl sites for hydroxylation is 1. The molecule has 0 saturated carbocycles. The lowest BCUT2D eigenvalue weighted by atomic mass is 9.90. The van der Waals surface area contributed by atoms with Gasteiger partial charge in [0.15, 0.2) is 0 Å². The van der Waals surface area contributed by atoms with Crippen molar-refractivity contribution in [1.29, 1.82) is 0 Å². The largest absolute Gasteiger partial charge is 0.345 e. The van der Waals surface area contributed by atoms with Gasteiger partial charge in [0.05, 0.1) is 17.2 Å². The van der Waals surface area contributed by atoms with Crippen LogP contribution in [0.1, 0.15) is 37.9 Å². The molecule has 23 heavy (non-hydrogen) atoms. The molecular weight excluding hydrogens is 292 g/mol. The van der Waals surface area contributed by atoms with Gasteiger partial charge in [-0.15, -0.1) is 0 Å². The monoisotopic (exact) mass is 306 g/mol. The minimum Gasteiger partial charge on any atom is -0.345 e. The highest BCUT2D eigenvalue weighted by Crippen LogP contribution is 2.34. The van der Waals surface area contributed by atoms with Crippen molar-refractivity contribution in [2.24, 2.45) is 0 Å². The molecule has 0 aliphatic carbocycles. The summed E-state index contributed by atoms with van der Waals surface area (Å²) >= 11 is 0. The van der Waals surface area contributed by atoms with E-state index in [0.717, 1.165) is 16.0 Å². The zero-order valence-corrected chi connectivity index (χ0v) is 12.4. The van der Waals surface area contributed by atoms with Crippen LogP contribution < -0.4 is 5.32 Å². The van der Waals surface area contributed by atoms with E-state index in [-0.39, 0.29) is 11.9 Å². The van der Waals surface area contributed by atoms with Crippen LogP contribution in [0.2, 0.25) is 0 Å². The number of hydrogen-bond acceptors (Lipinski definition) is 3. The van der Waals surface area contributed by atoms with Crippen LogP contribution in [-0.2, 0) is 4.79 Å². The summed E-state index contributed by atoms with van der Waals surface area (Å²) in [5.74, 6) is -1.10. The molecule has 4 rings (SSSR count). The average molecular weight is 306 g/mol. The molecular formula is C18H14N2O3. The maximum atomic E-state index is 12.5. The predicted molar refractivity (Wildman–Crippen MR) is 82.8 cm³/mol. The first-order valence-electron chi connectivity index (χ1n) is 7.42. The quantitative estimate of drug-likeness (QED) is 0.680. The van der Waals surface area contributed by atoms with E-state index in [0.29, 0.717) is 11.1 Å². The molecule has 1 N–H and O–H groups in total. The summed E-state index contributed by atoms with van der Waals surface area (Å²) in [6, 6.07) is 13.2. The van der Waals surface area contributed by atoms with E-state index in [1.54, 1.807) is 24.3 Å². The molecule has 5 heteroatoms. The predicted octanol–water partition coefficient (Wildman–Crippen LogP) is 1.83. The molecule has 2 aliphatic rings. The zero-order valence-electron chi connectivity index (χ0n) is 12.4. The zero-order chi connectivity index (χ0) is 16.1. The van der Waals surface area contributed by atoms with Gasteiger partial charge in [-0.1, -0.05) is 42.0 Å². The molecule has 2 atom stereocenters. The molecule has 1 fully saturated rings. The van der Waals surface area contributed by atoms with Crippen LogP contribution in [0.5, 0.6) is 0 Å². The molecule has 0 bridgehead atoms. The third-order valence-corrected chi connectivity index (χ3v) is 4.42. The standard InChI is InChI=1S/C18H14N2O3/c1-10-6-8-11(9-7-10)14-15(16(21)19-14)20-17(22)12-4-2-3-5-13(12)18(20)23/h2-9,14-15H,1H3,(H,19,21)/t14-,15-/m0/s1. The van der Waals surface area contributed by atoms with Crippen molar-refractivity contribution >= 4 is 17.7 Å². The van der Waals surface area contributed by atoms with Crippen molar-refractivity contribution < 1.29 is 14.4 Å². The molecule has 2 aromatic carbocycles. The number of amides is 3. The molecule has 0 radical (unpaired) electrons. The molecule has 0 aromatic heterocycles. The number of rotatable bonds is 2. The first-order valence-corrected chi connectivity index (χ1v) is 7.42. The minimum atomic E-state index is -0.787. The van der Waals surface area contributed by atoms with Crippen molar-refractivity contribution in [2.45, 2.75) is 19.0 Å². The van der Waals surface area contributed by atoms with Crippen LogP contribution in [0.15, 0.2) is 48.5 Å². The maximum Gasteiger partial charge on any atom is 0.262 e. The third-order valence-electron chi connectivity index (χ3n) is 4.42. The fraction of sp³-hybridized carbons (Fsp3) is 0.167. The number of carbonyl (C=O) groups excluding carboxylic acids is 3. The lowest BCUT2D eigenvalue weighted by Crippen LogP contribution is -2.65. The van der Waals surface area contributed by atoms with Crippen molar-refractivity contribution in [2.75, 3.05) is 0 Å². The summed E-state index contributed by atoms with van der Waals surface area (Å²) in [7, 11) is 0. The van der Waals surface area contributed by atoms with Crippen LogP contribution in [0.25, 0.3) is 0 Å². The van der Waals surface area contributed by atoms with E-state index in [2.05, 4.69) is 5.32 Å². The number of imide groups is 1. The van der Waals surface area contributed by atoms with E-state index >= 15 is 0 Å². The lowest BCUT2D eigenvalue weighted by Gasteiger charge is -2.41. The van der Waals surface area contributed by atoms with Crippen molar-refractivity contribution in [3.8, 4) is 0 Å². The van der Waals surface area contributed by atoms with E-state index in [4.69, 9.17) is 0 Å². The summed E-state index contributed by atoms with van der Waals surface area (Å²) in [5.41, 5.74) is 2.72. The Hall–Kier alpha value is -2.95. The van der Waals surface area contributed by atoms with Crippen molar-refractivity contribution in [3.63, 3.8) is 0 Å². The molecule has 3 amide bonds. The topological polar surface area (TPSA) is 66.5 Å². The Balaban J connectivity index is 1.70. The third kappa shape index (κ3) is 1.90. The highest BCUT2D eigenvalue weighted by atomic mass is 16.2. The van der Waals surface area contributed by atoms with Gasteiger partial charge in [-0.3, -0.25) is 19.3 Å². The SMILES string of the molecule is Cc1ccc([C@@H]2NC(=O)[C@H]2N2C(=O)c3ccccc3C2=O)cc1. The summed E-state index contributed by atoms with van der Waals surface area (Å²) < 4.78 is 0. The molecule has 2 heterocycles. The van der Waals surface area contributed by atoms with E-state index in [9.17, 15) is 14.4 Å². The van der Waals surface area contributed by atoms with Gasteiger partial charge in [0.1, 0.15) is 6.04 Å². The van der Waals surface area contributed by atoms with Crippen LogP contribution >= 0.6 is 0 Å². The molecule has 0 spiro atoms. The fourth-order valence-corrected chi connectivity index (χ4v) is 3.14. The highest BCUT2D eigenvalue weighted by Gasteiger charge is 2.52. The van der Waals surface area contributed by atoms with Gasteiger partial charge < -0.3 is 5.32 Å². The molecule has 2 aromatic rings. The van der Waals surface area contributed by atoms with Gasteiger partial charge >= 0.3 is 0 Å². The Morgan fingerprint density at radius 3 is 1.96 bits per heavy atom. The molecule has 1 saturated heterocycles. The Labute approximate surface area is 132 Å². The van der Waals surface area contributed by atoms with Crippen LogP contribution in [0.3, 0.4) is 0 Å². The lowest BCUT2D eigenvalue weighted by molar-refractivity contribution is -0.135. The number of fused-ring (bicyclic) bond motifs is 1. The molecule has 114 valence electrons. The number of nitrogens with one attached hydrogen (secondary N) is 1. The first kappa shape index (κ1) is 13.7. The van der Waals surface area contributed by atoms with Crippen LogP contribution in [0.4, 0.5) is 0 Å². The average Bonchev–Trinajstić information content (AvgIpc) is 2.79. The number of carbonyl (C=O) groups is 3. The van der Waals surface area contributed by atoms with E-state index < -0.39 is 17.9 Å². The van der Waals surface area contributed by atoms with Gasteiger partial charge in [-0.25, -0.2) is 0 Å². The number of nitrogens with zero attached hydrogens (tertiary/aromatic N) is 1. The Kier molecular flexibility index (Phi) is 2.84. The van der Waals surface area contributed by atoms with E-state index in [1.807, 2.05) is 31.2 Å².